The molecule has 6 nitrogen and oxygen atoms in total. The highest BCUT2D eigenvalue weighted by Crippen LogP contribution is 2.20. The summed E-state index contributed by atoms with van der Waals surface area (Å²) in [5, 5.41) is 0. The number of H-pyrrole nitrogens is 1. The molecule has 0 unspecified atom stereocenters. The zero-order valence-corrected chi connectivity index (χ0v) is 10.3. The van der Waals surface area contributed by atoms with Crippen LogP contribution in [0, 0.1) is 0 Å². The molecule has 0 saturated heterocycles. The van der Waals surface area contributed by atoms with Crippen molar-refractivity contribution in [3.05, 3.63) is 47.0 Å². The summed E-state index contributed by atoms with van der Waals surface area (Å²) in [5.41, 5.74) is -0.484. The fraction of sp³-hybridized carbons (Fsp3) is 0.0909. The van der Waals surface area contributed by atoms with Crippen LogP contribution >= 0.6 is 0 Å². The number of hydrogen-bond donors (Lipinski definition) is 1. The second-order valence-corrected chi connectivity index (χ2v) is 5.59. The summed E-state index contributed by atoms with van der Waals surface area (Å²) in [6, 6.07) is 5.86. The smallest absolute Gasteiger partial charge is 0.311 e. The Balaban J connectivity index is 2.37. The highest BCUT2D eigenvalue weighted by molar-refractivity contribution is 7.90. The molecule has 0 amide bonds. The van der Waals surface area contributed by atoms with E-state index < -0.39 is 15.4 Å². The Bertz CT molecular complexity index is 722. The number of sulfone groups is 1. The first-order valence-electron chi connectivity index (χ1n) is 4.98. The summed E-state index contributed by atoms with van der Waals surface area (Å²) in [6.45, 7) is 0. The molecule has 94 valence electrons. The Hall–Kier alpha value is -2.15. The molecule has 1 N–H and O–H groups in total. The van der Waals surface area contributed by atoms with E-state index in [1.807, 2.05) is 0 Å². The molecule has 1 heterocycles. The number of nitrogens with zero attached hydrogens (tertiary/aromatic N) is 1. The number of benzene rings is 1. The molecule has 7 heteroatoms. The van der Waals surface area contributed by atoms with Gasteiger partial charge in [0.25, 0.3) is 5.88 Å². The maximum atomic E-state index is 11.4. The van der Waals surface area contributed by atoms with Gasteiger partial charge in [0.15, 0.2) is 9.84 Å². The van der Waals surface area contributed by atoms with E-state index in [4.69, 9.17) is 4.74 Å². The van der Waals surface area contributed by atoms with Gasteiger partial charge in [-0.2, -0.15) is 0 Å². The van der Waals surface area contributed by atoms with Crippen molar-refractivity contribution in [2.45, 2.75) is 4.90 Å². The van der Waals surface area contributed by atoms with E-state index in [0.717, 1.165) is 6.26 Å². The van der Waals surface area contributed by atoms with Crippen LogP contribution in [-0.2, 0) is 9.84 Å². The van der Waals surface area contributed by atoms with E-state index in [9.17, 15) is 13.2 Å². The molecule has 0 fully saturated rings. The minimum Gasteiger partial charge on any atom is -0.435 e. The molecule has 18 heavy (non-hydrogen) atoms. The molecule has 1 aromatic heterocycles. The molecular weight excluding hydrogens is 256 g/mol. The molecule has 1 aromatic carbocycles. The van der Waals surface area contributed by atoms with Gasteiger partial charge in [0, 0.05) is 18.6 Å². The van der Waals surface area contributed by atoms with Gasteiger partial charge in [-0.05, 0) is 18.2 Å². The Morgan fingerprint density at radius 1 is 1.33 bits per heavy atom. The number of nitrogens with one attached hydrogen (secondary N) is 1. The average molecular weight is 266 g/mol. The maximum absolute atomic E-state index is 11.4. The SMILES string of the molecule is CS(=O)(=O)c1cccc(Oc2ncc[nH]c2=O)c1. The lowest BCUT2D eigenvalue weighted by Gasteiger charge is -2.04. The Morgan fingerprint density at radius 3 is 2.78 bits per heavy atom. The van der Waals surface area contributed by atoms with Gasteiger partial charge in [-0.25, -0.2) is 13.4 Å². The van der Waals surface area contributed by atoms with Gasteiger partial charge in [0.05, 0.1) is 4.90 Å². The van der Waals surface area contributed by atoms with Crippen molar-refractivity contribution in [1.29, 1.82) is 0 Å². The molecule has 0 bridgehead atoms. The number of aromatic nitrogens is 2. The third kappa shape index (κ3) is 2.75. The molecular formula is C11H10N2O4S. The van der Waals surface area contributed by atoms with Crippen LogP contribution in [0.5, 0.6) is 11.6 Å². The lowest BCUT2D eigenvalue weighted by molar-refractivity contribution is 0.452. The number of aromatic amines is 1. The van der Waals surface area contributed by atoms with Crippen LogP contribution in [0.3, 0.4) is 0 Å². The summed E-state index contributed by atoms with van der Waals surface area (Å²) < 4.78 is 28.0. The van der Waals surface area contributed by atoms with Crippen LogP contribution in [-0.4, -0.2) is 24.6 Å². The van der Waals surface area contributed by atoms with Crippen LogP contribution < -0.4 is 10.3 Å². The second-order valence-electron chi connectivity index (χ2n) is 3.57. The van der Waals surface area contributed by atoms with E-state index in [1.165, 1.54) is 30.6 Å². The van der Waals surface area contributed by atoms with E-state index in [1.54, 1.807) is 6.07 Å². The maximum Gasteiger partial charge on any atom is 0.311 e. The van der Waals surface area contributed by atoms with E-state index >= 15 is 0 Å². The molecule has 0 spiro atoms. The quantitative estimate of drug-likeness (QED) is 0.894. The lowest BCUT2D eigenvalue weighted by Crippen LogP contribution is -2.09. The van der Waals surface area contributed by atoms with Gasteiger partial charge in [-0.15, -0.1) is 0 Å². The van der Waals surface area contributed by atoms with Crippen LogP contribution in [0.1, 0.15) is 0 Å². The Labute approximate surface area is 103 Å². The van der Waals surface area contributed by atoms with Crippen LogP contribution in [0.2, 0.25) is 0 Å². The van der Waals surface area contributed by atoms with Crippen LogP contribution in [0.4, 0.5) is 0 Å². The van der Waals surface area contributed by atoms with Crippen LogP contribution in [0.15, 0.2) is 46.3 Å². The highest BCUT2D eigenvalue weighted by Gasteiger charge is 2.09. The molecule has 0 aliphatic rings. The number of rotatable bonds is 3. The third-order valence-electron chi connectivity index (χ3n) is 2.12. The Morgan fingerprint density at radius 2 is 2.11 bits per heavy atom. The largest absolute Gasteiger partial charge is 0.435 e. The normalized spacial score (nSPS) is 11.2. The summed E-state index contributed by atoms with van der Waals surface area (Å²) in [5.74, 6) is 0.102. The first-order chi connectivity index (χ1) is 8.47. The van der Waals surface area contributed by atoms with Gasteiger partial charge < -0.3 is 9.72 Å². The van der Waals surface area contributed by atoms with Crippen molar-refractivity contribution in [1.82, 2.24) is 9.97 Å². The summed E-state index contributed by atoms with van der Waals surface area (Å²) in [4.78, 5) is 17.6. The molecule has 0 aliphatic carbocycles. The van der Waals surface area contributed by atoms with Gasteiger partial charge in [-0.3, -0.25) is 4.79 Å². The minimum absolute atomic E-state index is 0.118. The zero-order chi connectivity index (χ0) is 13.2. The fourth-order valence-corrected chi connectivity index (χ4v) is 1.95. The van der Waals surface area contributed by atoms with Crippen molar-refractivity contribution in [2.24, 2.45) is 0 Å². The van der Waals surface area contributed by atoms with Gasteiger partial charge >= 0.3 is 5.56 Å². The summed E-state index contributed by atoms with van der Waals surface area (Å²) >= 11 is 0. The predicted molar refractivity (Wildman–Crippen MR) is 64.5 cm³/mol. The van der Waals surface area contributed by atoms with Crippen LogP contribution in [0.25, 0.3) is 0 Å². The topological polar surface area (TPSA) is 89.1 Å². The summed E-state index contributed by atoms with van der Waals surface area (Å²) in [7, 11) is -3.31. The molecule has 2 aromatic rings. The highest BCUT2D eigenvalue weighted by atomic mass is 32.2. The van der Waals surface area contributed by atoms with Crippen molar-refractivity contribution < 1.29 is 13.2 Å². The fourth-order valence-electron chi connectivity index (χ4n) is 1.29. The average Bonchev–Trinajstić information content (AvgIpc) is 2.31. The lowest BCUT2D eigenvalue weighted by atomic mass is 10.3. The molecule has 0 atom stereocenters. The van der Waals surface area contributed by atoms with Gasteiger partial charge in [0.1, 0.15) is 5.75 Å². The number of hydrogen-bond acceptors (Lipinski definition) is 5. The predicted octanol–water partition coefficient (Wildman–Crippen LogP) is 0.966. The van der Waals surface area contributed by atoms with Gasteiger partial charge in [-0.1, -0.05) is 6.07 Å². The minimum atomic E-state index is -3.31. The monoisotopic (exact) mass is 266 g/mol. The van der Waals surface area contributed by atoms with Crippen molar-refractivity contribution in [3.63, 3.8) is 0 Å². The molecule has 0 radical (unpaired) electrons. The van der Waals surface area contributed by atoms with Gasteiger partial charge in [0.2, 0.25) is 0 Å². The van der Waals surface area contributed by atoms with E-state index in [-0.39, 0.29) is 16.5 Å². The standard InChI is InChI=1S/C11H10N2O4S/c1-18(15,16)9-4-2-3-8(7-9)17-11-10(14)12-5-6-13-11/h2-7H,1H3,(H,12,14). The van der Waals surface area contributed by atoms with Crippen molar-refractivity contribution in [3.8, 4) is 11.6 Å². The second kappa shape index (κ2) is 4.61. The molecule has 2 rings (SSSR count). The zero-order valence-electron chi connectivity index (χ0n) is 9.45. The third-order valence-corrected chi connectivity index (χ3v) is 3.23. The molecule has 0 aliphatic heterocycles. The van der Waals surface area contributed by atoms with Crippen molar-refractivity contribution >= 4 is 9.84 Å². The molecule has 0 saturated carbocycles. The van der Waals surface area contributed by atoms with E-state index in [0.29, 0.717) is 0 Å². The van der Waals surface area contributed by atoms with Crippen molar-refractivity contribution in [2.75, 3.05) is 6.26 Å². The first-order valence-corrected chi connectivity index (χ1v) is 6.87. The summed E-state index contributed by atoms with van der Waals surface area (Å²) in [6.07, 6.45) is 3.85. The first kappa shape index (κ1) is 12.3. The Kier molecular flexibility index (Phi) is 3.15. The number of ether oxygens (including phenoxy) is 1. The van der Waals surface area contributed by atoms with E-state index in [2.05, 4.69) is 9.97 Å².